The normalized spacial score (nSPS) is 17.4. The lowest BCUT2D eigenvalue weighted by molar-refractivity contribution is -0.141. The van der Waals surface area contributed by atoms with Crippen LogP contribution in [0.5, 0.6) is 0 Å². The third kappa shape index (κ3) is 9.13. The van der Waals surface area contributed by atoms with Crippen molar-refractivity contribution in [3.8, 4) is 0 Å². The predicted octanol–water partition coefficient (Wildman–Crippen LogP) is 4.65. The molecule has 0 radical (unpaired) electrons. The monoisotopic (exact) mass is 623 g/mol. The highest BCUT2D eigenvalue weighted by Crippen LogP contribution is 2.23. The molecule has 2 fully saturated rings. The van der Waals surface area contributed by atoms with Gasteiger partial charge in [0.25, 0.3) is 0 Å². The Morgan fingerprint density at radius 1 is 0.907 bits per heavy atom. The van der Waals surface area contributed by atoms with E-state index in [1.165, 1.54) is 0 Å². The second-order valence-electron chi connectivity index (χ2n) is 11.3. The number of carbonyl (C=O) groups is 2. The lowest BCUT2D eigenvalue weighted by Crippen LogP contribution is -2.51. The van der Waals surface area contributed by atoms with E-state index < -0.39 is 16.1 Å². The molecule has 228 valence electrons. The van der Waals surface area contributed by atoms with Gasteiger partial charge in [0.2, 0.25) is 21.8 Å². The summed E-state index contributed by atoms with van der Waals surface area (Å²) in [5.41, 5.74) is 2.65. The molecule has 3 aromatic carbocycles. The summed E-state index contributed by atoms with van der Waals surface area (Å²) in [5.74, 6) is -0.394. The highest BCUT2D eigenvalue weighted by Gasteiger charge is 2.31. The van der Waals surface area contributed by atoms with E-state index in [0.717, 1.165) is 42.4 Å². The van der Waals surface area contributed by atoms with Crippen molar-refractivity contribution in [2.45, 2.75) is 74.6 Å². The molecule has 5 rings (SSSR count). The molecular weight excluding hydrogens is 586 g/mol. The van der Waals surface area contributed by atoms with E-state index in [9.17, 15) is 18.0 Å². The first kappa shape index (κ1) is 31.2. The van der Waals surface area contributed by atoms with Crippen LogP contribution in [0, 0.1) is 0 Å². The molecule has 0 unspecified atom stereocenters. The van der Waals surface area contributed by atoms with Crippen molar-refractivity contribution in [3.05, 3.63) is 101 Å². The summed E-state index contributed by atoms with van der Waals surface area (Å²) in [4.78, 5) is 29.5. The van der Waals surface area contributed by atoms with Gasteiger partial charge in [0.1, 0.15) is 6.04 Å². The quantitative estimate of drug-likeness (QED) is 0.272. The summed E-state index contributed by atoms with van der Waals surface area (Å²) in [6.07, 6.45) is 4.50. The van der Waals surface area contributed by atoms with Gasteiger partial charge < -0.3 is 15.0 Å². The summed E-state index contributed by atoms with van der Waals surface area (Å²) < 4.78 is 33.5. The maximum atomic E-state index is 13.9. The third-order valence-electron chi connectivity index (χ3n) is 7.83. The Hall–Kier alpha value is -3.24. The molecule has 10 heteroatoms. The number of ether oxygens (including phenoxy) is 1. The van der Waals surface area contributed by atoms with Gasteiger partial charge in [-0.05, 0) is 73.1 Å². The Morgan fingerprint density at radius 2 is 1.60 bits per heavy atom. The number of rotatable bonds is 14. The lowest BCUT2D eigenvalue weighted by atomic mass is 10.0. The molecule has 2 atom stereocenters. The Balaban J connectivity index is 1.34. The van der Waals surface area contributed by atoms with Gasteiger partial charge in [0.05, 0.1) is 11.0 Å². The van der Waals surface area contributed by atoms with Crippen molar-refractivity contribution in [1.82, 2.24) is 14.9 Å². The maximum Gasteiger partial charge on any atom is 0.243 e. The van der Waals surface area contributed by atoms with Crippen molar-refractivity contribution in [1.29, 1.82) is 0 Å². The molecule has 0 spiro atoms. The molecule has 1 saturated carbocycles. The fourth-order valence-corrected chi connectivity index (χ4v) is 6.63. The van der Waals surface area contributed by atoms with E-state index in [1.807, 2.05) is 42.5 Å². The van der Waals surface area contributed by atoms with Gasteiger partial charge in [0, 0.05) is 43.6 Å². The molecule has 43 heavy (non-hydrogen) atoms. The SMILES string of the molecule is O=C(NC[C@H]1CCCO1)[C@H](Cc1ccccc1)N(Cc1ccc(Cl)cc1)C(=O)CCc1ccc(S(=O)(=O)NC2CC2)cc1. The number of nitrogens with one attached hydrogen (secondary N) is 2. The average molecular weight is 624 g/mol. The minimum absolute atomic E-state index is 0.0204. The summed E-state index contributed by atoms with van der Waals surface area (Å²) in [5, 5.41) is 3.64. The van der Waals surface area contributed by atoms with Crippen molar-refractivity contribution >= 4 is 33.4 Å². The Labute approximate surface area is 258 Å². The van der Waals surface area contributed by atoms with Crippen LogP contribution in [0.3, 0.4) is 0 Å². The summed E-state index contributed by atoms with van der Waals surface area (Å²) in [6, 6.07) is 22.9. The number of aryl methyl sites for hydroxylation is 1. The zero-order valence-corrected chi connectivity index (χ0v) is 25.7. The first-order valence-corrected chi connectivity index (χ1v) is 16.7. The number of hydrogen-bond acceptors (Lipinski definition) is 5. The van der Waals surface area contributed by atoms with Crippen LogP contribution in [0.15, 0.2) is 83.8 Å². The average Bonchev–Trinajstić information content (AvgIpc) is 3.66. The number of amides is 2. The van der Waals surface area contributed by atoms with E-state index >= 15 is 0 Å². The minimum Gasteiger partial charge on any atom is -0.376 e. The van der Waals surface area contributed by atoms with Crippen molar-refractivity contribution < 1.29 is 22.7 Å². The van der Waals surface area contributed by atoms with Gasteiger partial charge >= 0.3 is 0 Å². The van der Waals surface area contributed by atoms with E-state index in [1.54, 1.807) is 41.3 Å². The summed E-state index contributed by atoms with van der Waals surface area (Å²) >= 11 is 6.12. The first-order valence-electron chi connectivity index (χ1n) is 14.9. The number of carbonyl (C=O) groups excluding carboxylic acids is 2. The number of halogens is 1. The summed E-state index contributed by atoms with van der Waals surface area (Å²) in [7, 11) is -3.55. The zero-order chi connectivity index (χ0) is 30.2. The van der Waals surface area contributed by atoms with Crippen LogP contribution < -0.4 is 10.0 Å². The number of nitrogens with zero attached hydrogens (tertiary/aromatic N) is 1. The van der Waals surface area contributed by atoms with Crippen molar-refractivity contribution in [2.75, 3.05) is 13.2 Å². The molecule has 2 amide bonds. The van der Waals surface area contributed by atoms with Crippen LogP contribution in [0.25, 0.3) is 0 Å². The highest BCUT2D eigenvalue weighted by atomic mass is 35.5. The van der Waals surface area contributed by atoms with Crippen LogP contribution in [-0.2, 0) is 43.7 Å². The van der Waals surface area contributed by atoms with Gasteiger partial charge in [0.15, 0.2) is 0 Å². The number of benzene rings is 3. The largest absolute Gasteiger partial charge is 0.376 e. The summed E-state index contributed by atoms with van der Waals surface area (Å²) in [6.45, 7) is 1.34. The number of sulfonamides is 1. The van der Waals surface area contributed by atoms with Gasteiger partial charge in [-0.25, -0.2) is 13.1 Å². The Bertz CT molecular complexity index is 1470. The second kappa shape index (κ2) is 14.5. The van der Waals surface area contributed by atoms with Crippen LogP contribution in [-0.4, -0.2) is 56.5 Å². The number of hydrogen-bond donors (Lipinski definition) is 2. The molecule has 1 aliphatic carbocycles. The molecule has 1 saturated heterocycles. The van der Waals surface area contributed by atoms with E-state index in [-0.39, 0.29) is 41.8 Å². The molecule has 1 aliphatic heterocycles. The van der Waals surface area contributed by atoms with Crippen LogP contribution in [0.1, 0.15) is 48.8 Å². The molecule has 8 nitrogen and oxygen atoms in total. The molecule has 0 bridgehead atoms. The minimum atomic E-state index is -3.55. The van der Waals surface area contributed by atoms with Crippen molar-refractivity contribution in [3.63, 3.8) is 0 Å². The third-order valence-corrected chi connectivity index (χ3v) is 9.61. The van der Waals surface area contributed by atoms with Gasteiger partial charge in [-0.15, -0.1) is 0 Å². The molecule has 3 aromatic rings. The Kier molecular flexibility index (Phi) is 10.5. The maximum absolute atomic E-state index is 13.9. The van der Waals surface area contributed by atoms with E-state index in [4.69, 9.17) is 16.3 Å². The van der Waals surface area contributed by atoms with Gasteiger partial charge in [-0.1, -0.05) is 66.2 Å². The first-order chi connectivity index (χ1) is 20.8. The van der Waals surface area contributed by atoms with E-state index in [2.05, 4.69) is 10.0 Å². The van der Waals surface area contributed by atoms with E-state index in [0.29, 0.717) is 31.0 Å². The predicted molar refractivity (Wildman–Crippen MR) is 166 cm³/mol. The zero-order valence-electron chi connectivity index (χ0n) is 24.1. The second-order valence-corrected chi connectivity index (χ2v) is 13.4. The Morgan fingerprint density at radius 3 is 2.26 bits per heavy atom. The smallest absolute Gasteiger partial charge is 0.243 e. The molecule has 2 aliphatic rings. The fourth-order valence-electron chi connectivity index (χ4n) is 5.20. The van der Waals surface area contributed by atoms with Crippen LogP contribution >= 0.6 is 11.6 Å². The lowest BCUT2D eigenvalue weighted by Gasteiger charge is -2.32. The molecule has 1 heterocycles. The topological polar surface area (TPSA) is 105 Å². The molecule has 0 aromatic heterocycles. The van der Waals surface area contributed by atoms with Gasteiger partial charge in [-0.2, -0.15) is 0 Å². The molecular formula is C33H38ClN3O5S. The van der Waals surface area contributed by atoms with Crippen molar-refractivity contribution in [2.24, 2.45) is 0 Å². The molecule has 2 N–H and O–H groups in total. The fraction of sp³-hybridized carbons (Fsp3) is 0.394. The van der Waals surface area contributed by atoms with Crippen LogP contribution in [0.2, 0.25) is 5.02 Å². The standard InChI is InChI=1S/C33H38ClN3O5S/c34-27-13-8-26(9-14-27)23-37(31(21-25-5-2-1-3-6-25)33(39)35-22-29-7-4-20-42-29)32(38)19-12-24-10-17-30(18-11-24)43(40,41)36-28-15-16-28/h1-3,5-6,8-11,13-14,17-18,28-29,31,36H,4,7,12,15-16,19-23H2,(H,35,39)/t29-,31+/m1/s1. The highest BCUT2D eigenvalue weighted by molar-refractivity contribution is 7.89. The van der Waals surface area contributed by atoms with Crippen LogP contribution in [0.4, 0.5) is 0 Å². The van der Waals surface area contributed by atoms with Gasteiger partial charge in [-0.3, -0.25) is 9.59 Å².